The largest absolute Gasteiger partial charge is 0.337 e. The number of piperidine rings is 1. The van der Waals surface area contributed by atoms with E-state index < -0.39 is 0 Å². The van der Waals surface area contributed by atoms with Crippen molar-refractivity contribution in [3.63, 3.8) is 0 Å². The molecule has 3 nitrogen and oxygen atoms in total. The predicted octanol–water partition coefficient (Wildman–Crippen LogP) is 2.24. The quantitative estimate of drug-likeness (QED) is 0.678. The summed E-state index contributed by atoms with van der Waals surface area (Å²) in [6.07, 6.45) is 2.15. The molecule has 0 radical (unpaired) electrons. The Hall–Kier alpha value is -0.690. The number of likely N-dealkylation sites (tertiary alicyclic amines) is 1. The van der Waals surface area contributed by atoms with Crippen LogP contribution in [0.4, 0.5) is 0 Å². The topological polar surface area (TPSA) is 44.1 Å². The molecule has 0 bridgehead atoms. The van der Waals surface area contributed by atoms with Crippen LogP contribution in [0.2, 0.25) is 0 Å². The number of hydrogen-bond acceptors (Lipinski definition) is 3. The molecule has 0 aromatic heterocycles. The van der Waals surface area contributed by atoms with Gasteiger partial charge in [-0.3, -0.25) is 4.79 Å². The lowest BCUT2D eigenvalue weighted by Crippen LogP contribution is -2.50. The molecular weight excluding hydrogens is 208 g/mol. The molecule has 0 aromatic carbocycles. The molecule has 1 rings (SSSR count). The average Bonchev–Trinajstić information content (AvgIpc) is 2.12. The van der Waals surface area contributed by atoms with Crippen molar-refractivity contribution in [2.45, 2.75) is 45.7 Å². The maximum absolute atomic E-state index is 11.8. The average molecular weight is 226 g/mol. The van der Waals surface area contributed by atoms with Crippen LogP contribution in [-0.2, 0) is 4.79 Å². The van der Waals surface area contributed by atoms with Gasteiger partial charge in [0.25, 0.3) is 0 Å². The molecule has 15 heavy (non-hydrogen) atoms. The maximum atomic E-state index is 11.8. The molecule has 84 valence electrons. The highest BCUT2D eigenvalue weighted by Crippen LogP contribution is 2.27. The zero-order valence-corrected chi connectivity index (χ0v) is 10.4. The Kier molecular flexibility index (Phi) is 4.46. The third-order valence-electron chi connectivity index (χ3n) is 2.98. The number of carbonyl (C=O) groups excluding carboxylic acids is 1. The van der Waals surface area contributed by atoms with Gasteiger partial charge < -0.3 is 4.90 Å². The molecule has 1 aliphatic heterocycles. The summed E-state index contributed by atoms with van der Waals surface area (Å²) in [6, 6.07) is 0.631. The summed E-state index contributed by atoms with van der Waals surface area (Å²) in [5, 5.41) is 10.4. The van der Waals surface area contributed by atoms with Crippen molar-refractivity contribution in [1.29, 1.82) is 5.26 Å². The van der Waals surface area contributed by atoms with Crippen molar-refractivity contribution in [1.82, 2.24) is 4.90 Å². The molecule has 2 atom stereocenters. The van der Waals surface area contributed by atoms with Gasteiger partial charge in [-0.25, -0.2) is 0 Å². The molecular formula is C11H18N2OS. The Morgan fingerprint density at radius 2 is 1.93 bits per heavy atom. The monoisotopic (exact) mass is 226 g/mol. The molecule has 2 unspecified atom stereocenters. The number of hydrogen-bond donors (Lipinski definition) is 0. The second kappa shape index (κ2) is 5.41. The van der Waals surface area contributed by atoms with Crippen LogP contribution in [0.5, 0.6) is 0 Å². The number of thiocyanates is 1. The number of thioether (sulfide) groups is 1. The van der Waals surface area contributed by atoms with E-state index in [0.717, 1.165) is 24.6 Å². The zero-order valence-electron chi connectivity index (χ0n) is 9.56. The van der Waals surface area contributed by atoms with Crippen LogP contribution >= 0.6 is 11.8 Å². The van der Waals surface area contributed by atoms with Gasteiger partial charge in [0.15, 0.2) is 0 Å². The highest BCUT2D eigenvalue weighted by molar-refractivity contribution is 8.04. The number of carbonyl (C=O) groups is 1. The summed E-state index contributed by atoms with van der Waals surface area (Å²) in [5.41, 5.74) is 0. The molecule has 0 N–H and O–H groups in total. The lowest BCUT2D eigenvalue weighted by molar-refractivity contribution is -0.135. The lowest BCUT2D eigenvalue weighted by Gasteiger charge is -2.41. The van der Waals surface area contributed by atoms with Crippen LogP contribution < -0.4 is 0 Å². The molecule has 0 spiro atoms. The number of amides is 1. The Morgan fingerprint density at radius 1 is 1.40 bits per heavy atom. The summed E-state index contributed by atoms with van der Waals surface area (Å²) in [4.78, 5) is 13.8. The van der Waals surface area contributed by atoms with Gasteiger partial charge in [-0.15, -0.1) is 0 Å². The van der Waals surface area contributed by atoms with Gasteiger partial charge in [-0.2, -0.15) is 5.26 Å². The van der Waals surface area contributed by atoms with Gasteiger partial charge in [0.2, 0.25) is 5.91 Å². The number of rotatable bonds is 2. The first kappa shape index (κ1) is 12.4. The zero-order chi connectivity index (χ0) is 11.4. The van der Waals surface area contributed by atoms with Crippen molar-refractivity contribution in [3.05, 3.63) is 0 Å². The van der Waals surface area contributed by atoms with E-state index in [1.54, 1.807) is 0 Å². The second-order valence-electron chi connectivity index (χ2n) is 4.46. The molecule has 4 heteroatoms. The van der Waals surface area contributed by atoms with Crippen LogP contribution in [0.15, 0.2) is 0 Å². The van der Waals surface area contributed by atoms with Gasteiger partial charge in [0.1, 0.15) is 5.40 Å². The first-order valence-electron chi connectivity index (χ1n) is 5.38. The van der Waals surface area contributed by atoms with Crippen LogP contribution in [0.1, 0.15) is 33.6 Å². The first-order chi connectivity index (χ1) is 7.06. The number of nitriles is 1. The third-order valence-corrected chi connectivity index (χ3v) is 3.51. The second-order valence-corrected chi connectivity index (χ2v) is 5.22. The lowest BCUT2D eigenvalue weighted by atomic mass is 9.88. The summed E-state index contributed by atoms with van der Waals surface area (Å²) in [6.45, 7) is 6.43. The predicted molar refractivity (Wildman–Crippen MR) is 62.2 cm³/mol. The summed E-state index contributed by atoms with van der Waals surface area (Å²) in [5.74, 6) is 1.09. The minimum atomic E-state index is 0.105. The van der Waals surface area contributed by atoms with E-state index >= 15 is 0 Å². The Bertz CT molecular complexity index is 262. The molecule has 1 fully saturated rings. The fraction of sp³-hybridized carbons (Fsp3) is 0.818. The molecule has 0 saturated carbocycles. The Balaban J connectivity index is 2.59. The van der Waals surface area contributed by atoms with Gasteiger partial charge in [0.05, 0.1) is 5.75 Å². The Labute approximate surface area is 95.8 Å². The summed E-state index contributed by atoms with van der Waals surface area (Å²) < 4.78 is 0. The van der Waals surface area contributed by atoms with Crippen LogP contribution in [-0.4, -0.2) is 28.6 Å². The third kappa shape index (κ3) is 3.13. The van der Waals surface area contributed by atoms with Crippen molar-refractivity contribution < 1.29 is 4.79 Å². The summed E-state index contributed by atoms with van der Waals surface area (Å²) >= 11 is 1.03. The molecule has 0 aliphatic carbocycles. The van der Waals surface area contributed by atoms with E-state index in [2.05, 4.69) is 20.8 Å². The molecule has 1 heterocycles. The molecule has 1 aliphatic rings. The summed E-state index contributed by atoms with van der Waals surface area (Å²) in [7, 11) is 0. The molecule has 1 amide bonds. The van der Waals surface area contributed by atoms with Crippen LogP contribution in [0, 0.1) is 16.6 Å². The molecule has 1 saturated heterocycles. The standard InChI is InChI=1S/C11H18N2OS/c1-8-4-9(2)13(10(3)5-8)11(14)6-15-7-12/h8-10H,4-6H2,1-3H3. The number of nitrogens with zero attached hydrogens (tertiary/aromatic N) is 2. The van der Waals surface area contributed by atoms with E-state index in [1.807, 2.05) is 10.3 Å². The van der Waals surface area contributed by atoms with Crippen molar-refractivity contribution in [2.75, 3.05) is 5.75 Å². The van der Waals surface area contributed by atoms with Crippen molar-refractivity contribution in [3.8, 4) is 5.40 Å². The highest BCUT2D eigenvalue weighted by atomic mass is 32.2. The van der Waals surface area contributed by atoms with E-state index in [1.165, 1.54) is 0 Å². The molecule has 0 aromatic rings. The smallest absolute Gasteiger partial charge is 0.234 e. The van der Waals surface area contributed by atoms with Crippen molar-refractivity contribution >= 4 is 17.7 Å². The van der Waals surface area contributed by atoms with E-state index in [0.29, 0.717) is 23.8 Å². The van der Waals surface area contributed by atoms with E-state index in [4.69, 9.17) is 5.26 Å². The van der Waals surface area contributed by atoms with Gasteiger partial charge in [-0.05, 0) is 44.4 Å². The van der Waals surface area contributed by atoms with Crippen LogP contribution in [0.3, 0.4) is 0 Å². The minimum Gasteiger partial charge on any atom is -0.337 e. The van der Waals surface area contributed by atoms with Gasteiger partial charge >= 0.3 is 0 Å². The van der Waals surface area contributed by atoms with E-state index in [-0.39, 0.29) is 5.91 Å². The van der Waals surface area contributed by atoms with Crippen molar-refractivity contribution in [2.24, 2.45) is 5.92 Å². The fourth-order valence-corrected chi connectivity index (χ4v) is 2.92. The van der Waals surface area contributed by atoms with Gasteiger partial charge in [-0.1, -0.05) is 6.92 Å². The normalized spacial score (nSPS) is 31.1. The SMILES string of the molecule is CC1CC(C)N(C(=O)CSC#N)C(C)C1. The maximum Gasteiger partial charge on any atom is 0.234 e. The highest BCUT2D eigenvalue weighted by Gasteiger charge is 2.31. The van der Waals surface area contributed by atoms with Gasteiger partial charge in [0, 0.05) is 12.1 Å². The Morgan fingerprint density at radius 3 is 2.40 bits per heavy atom. The van der Waals surface area contributed by atoms with Crippen LogP contribution in [0.25, 0.3) is 0 Å². The fourth-order valence-electron chi connectivity index (χ4n) is 2.58. The first-order valence-corrected chi connectivity index (χ1v) is 6.36. The van der Waals surface area contributed by atoms with E-state index in [9.17, 15) is 4.79 Å². The minimum absolute atomic E-state index is 0.105.